The topological polar surface area (TPSA) is 70.5 Å². The van der Waals surface area contributed by atoms with Gasteiger partial charge in [-0.1, -0.05) is 12.8 Å². The smallest absolute Gasteiger partial charge is 0.357 e. The van der Waals surface area contributed by atoms with Crippen molar-refractivity contribution >= 4 is 29.6 Å². The first-order valence-electron chi connectivity index (χ1n) is 5.15. The molecule has 1 aliphatic carbocycles. The summed E-state index contributed by atoms with van der Waals surface area (Å²) in [5.41, 5.74) is 0.406. The molecule has 1 heterocycles. The van der Waals surface area contributed by atoms with E-state index in [0.29, 0.717) is 12.1 Å². The number of aromatic carboxylic acids is 1. The van der Waals surface area contributed by atoms with Crippen LogP contribution in [0, 0.1) is 0 Å². The molecule has 1 aromatic heterocycles. The number of nitrogens with zero attached hydrogens (tertiary/aromatic N) is 2. The summed E-state index contributed by atoms with van der Waals surface area (Å²) in [6, 6.07) is 0.131. The maximum absolute atomic E-state index is 11.1. The van der Waals surface area contributed by atoms with E-state index in [1.165, 1.54) is 4.90 Å². The molecule has 0 atom stereocenters. The summed E-state index contributed by atoms with van der Waals surface area (Å²) in [4.78, 5) is 23.5. The molecule has 1 aliphatic rings. The van der Waals surface area contributed by atoms with Gasteiger partial charge in [0.1, 0.15) is 0 Å². The molecule has 6 heteroatoms. The maximum Gasteiger partial charge on any atom is 0.357 e. The first kappa shape index (κ1) is 11.1. The Morgan fingerprint density at radius 2 is 2.25 bits per heavy atom. The van der Waals surface area contributed by atoms with Crippen molar-refractivity contribution < 1.29 is 14.7 Å². The molecule has 1 saturated carbocycles. The van der Waals surface area contributed by atoms with Crippen LogP contribution in [0.2, 0.25) is 0 Å². The molecule has 1 fully saturated rings. The van der Waals surface area contributed by atoms with Crippen molar-refractivity contribution in [3.63, 3.8) is 0 Å². The fourth-order valence-electron chi connectivity index (χ4n) is 2.09. The second kappa shape index (κ2) is 4.61. The van der Waals surface area contributed by atoms with E-state index in [2.05, 4.69) is 4.37 Å². The standard InChI is InChI=1S/C10H12N2O3S/c13-6-12(7-3-1-2-4-7)8-5-16-11-9(8)10(14)15/h5-7H,1-4H2,(H,14,15). The monoisotopic (exact) mass is 240 g/mol. The van der Waals surface area contributed by atoms with Crippen molar-refractivity contribution in [1.29, 1.82) is 0 Å². The first-order valence-corrected chi connectivity index (χ1v) is 5.99. The van der Waals surface area contributed by atoms with Crippen LogP contribution in [0.3, 0.4) is 0 Å². The SMILES string of the molecule is O=CN(c1csnc1C(=O)O)C1CCCC1. The van der Waals surface area contributed by atoms with Crippen LogP contribution < -0.4 is 4.90 Å². The quantitative estimate of drug-likeness (QED) is 0.814. The molecule has 0 spiro atoms. The fraction of sp³-hybridized carbons (Fsp3) is 0.500. The number of carboxylic acid groups (broad SMARTS) is 1. The number of aromatic nitrogens is 1. The van der Waals surface area contributed by atoms with Gasteiger partial charge in [0.25, 0.3) is 0 Å². The Morgan fingerprint density at radius 1 is 1.56 bits per heavy atom. The number of amides is 1. The molecule has 86 valence electrons. The molecular weight excluding hydrogens is 228 g/mol. The van der Waals surface area contributed by atoms with Gasteiger partial charge in [0.15, 0.2) is 5.69 Å². The highest BCUT2D eigenvalue weighted by Gasteiger charge is 2.27. The van der Waals surface area contributed by atoms with E-state index in [1.807, 2.05) is 0 Å². The summed E-state index contributed by atoms with van der Waals surface area (Å²) < 4.78 is 3.80. The van der Waals surface area contributed by atoms with Gasteiger partial charge in [0.2, 0.25) is 6.41 Å². The van der Waals surface area contributed by atoms with Gasteiger partial charge in [-0.15, -0.1) is 0 Å². The number of hydrogen-bond donors (Lipinski definition) is 1. The van der Waals surface area contributed by atoms with Crippen molar-refractivity contribution in [2.75, 3.05) is 4.90 Å². The lowest BCUT2D eigenvalue weighted by atomic mass is 10.2. The molecular formula is C10H12N2O3S. The third-order valence-corrected chi connectivity index (χ3v) is 3.48. The molecule has 0 aliphatic heterocycles. The van der Waals surface area contributed by atoms with Gasteiger partial charge in [-0.3, -0.25) is 4.79 Å². The molecule has 1 aromatic rings. The van der Waals surface area contributed by atoms with Crippen LogP contribution in [-0.4, -0.2) is 27.9 Å². The van der Waals surface area contributed by atoms with E-state index in [0.717, 1.165) is 37.2 Å². The van der Waals surface area contributed by atoms with E-state index >= 15 is 0 Å². The van der Waals surface area contributed by atoms with Crippen molar-refractivity contribution in [1.82, 2.24) is 4.37 Å². The number of carbonyl (C=O) groups excluding carboxylic acids is 1. The molecule has 0 unspecified atom stereocenters. The second-order valence-electron chi connectivity index (χ2n) is 3.80. The average molecular weight is 240 g/mol. The Kier molecular flexibility index (Phi) is 3.19. The minimum Gasteiger partial charge on any atom is -0.476 e. The molecule has 1 N–H and O–H groups in total. The van der Waals surface area contributed by atoms with Gasteiger partial charge in [-0.05, 0) is 24.4 Å². The van der Waals surface area contributed by atoms with Gasteiger partial charge < -0.3 is 10.0 Å². The van der Waals surface area contributed by atoms with Crippen molar-refractivity contribution in [2.24, 2.45) is 0 Å². The average Bonchev–Trinajstić information content (AvgIpc) is 2.88. The summed E-state index contributed by atoms with van der Waals surface area (Å²) in [6.45, 7) is 0. The number of anilines is 1. The highest BCUT2D eigenvalue weighted by Crippen LogP contribution is 2.30. The zero-order chi connectivity index (χ0) is 11.5. The molecule has 1 amide bonds. The summed E-state index contributed by atoms with van der Waals surface area (Å²) in [5, 5.41) is 10.6. The Hall–Kier alpha value is -1.43. The van der Waals surface area contributed by atoms with Crippen LogP contribution in [0.1, 0.15) is 36.2 Å². The van der Waals surface area contributed by atoms with Crippen molar-refractivity contribution in [3.05, 3.63) is 11.1 Å². The Balaban J connectivity index is 2.28. The molecule has 0 bridgehead atoms. The van der Waals surface area contributed by atoms with Crippen LogP contribution in [-0.2, 0) is 4.79 Å². The van der Waals surface area contributed by atoms with Gasteiger partial charge in [0.05, 0.1) is 5.69 Å². The van der Waals surface area contributed by atoms with E-state index in [1.54, 1.807) is 5.38 Å². The Morgan fingerprint density at radius 3 is 2.81 bits per heavy atom. The van der Waals surface area contributed by atoms with Crippen LogP contribution in [0.4, 0.5) is 5.69 Å². The molecule has 5 nitrogen and oxygen atoms in total. The van der Waals surface area contributed by atoms with Gasteiger partial charge in [0, 0.05) is 11.4 Å². The number of carbonyl (C=O) groups is 2. The van der Waals surface area contributed by atoms with Crippen molar-refractivity contribution in [3.8, 4) is 0 Å². The van der Waals surface area contributed by atoms with E-state index < -0.39 is 5.97 Å². The van der Waals surface area contributed by atoms with Gasteiger partial charge >= 0.3 is 5.97 Å². The summed E-state index contributed by atoms with van der Waals surface area (Å²) in [5.74, 6) is -1.08. The van der Waals surface area contributed by atoms with Crippen LogP contribution in [0.15, 0.2) is 5.38 Å². The predicted molar refractivity (Wildman–Crippen MR) is 59.9 cm³/mol. The molecule has 0 aromatic carbocycles. The largest absolute Gasteiger partial charge is 0.476 e. The molecule has 2 rings (SSSR count). The molecule has 0 saturated heterocycles. The van der Waals surface area contributed by atoms with Gasteiger partial charge in [-0.25, -0.2) is 4.79 Å². The van der Waals surface area contributed by atoms with Gasteiger partial charge in [-0.2, -0.15) is 4.37 Å². The third kappa shape index (κ3) is 1.92. The predicted octanol–water partition coefficient (Wildman–Crippen LogP) is 1.75. The lowest BCUT2D eigenvalue weighted by Gasteiger charge is -2.23. The van der Waals surface area contributed by atoms with Crippen LogP contribution in [0.5, 0.6) is 0 Å². The number of carboxylic acids is 1. The highest BCUT2D eigenvalue weighted by atomic mass is 32.1. The zero-order valence-electron chi connectivity index (χ0n) is 8.63. The minimum absolute atomic E-state index is 0.0241. The van der Waals surface area contributed by atoms with Crippen LogP contribution in [0.25, 0.3) is 0 Å². The fourth-order valence-corrected chi connectivity index (χ4v) is 2.75. The first-order chi connectivity index (χ1) is 7.74. The minimum atomic E-state index is -1.08. The van der Waals surface area contributed by atoms with E-state index in [-0.39, 0.29) is 11.7 Å². The molecule has 16 heavy (non-hydrogen) atoms. The Labute approximate surface area is 96.9 Å². The van der Waals surface area contributed by atoms with Crippen LogP contribution >= 0.6 is 11.5 Å². The summed E-state index contributed by atoms with van der Waals surface area (Å²) in [6.07, 6.45) is 4.78. The highest BCUT2D eigenvalue weighted by molar-refractivity contribution is 7.04. The summed E-state index contributed by atoms with van der Waals surface area (Å²) >= 11 is 1.07. The lowest BCUT2D eigenvalue weighted by Crippen LogP contribution is -2.32. The zero-order valence-corrected chi connectivity index (χ0v) is 9.44. The number of rotatable bonds is 4. The number of hydrogen-bond acceptors (Lipinski definition) is 4. The maximum atomic E-state index is 11.1. The second-order valence-corrected chi connectivity index (χ2v) is 4.43. The normalized spacial score (nSPS) is 16.2. The molecule has 0 radical (unpaired) electrons. The lowest BCUT2D eigenvalue weighted by molar-refractivity contribution is -0.107. The Bertz CT molecular complexity index is 399. The summed E-state index contributed by atoms with van der Waals surface area (Å²) in [7, 11) is 0. The van der Waals surface area contributed by atoms with Crippen molar-refractivity contribution in [2.45, 2.75) is 31.7 Å². The van der Waals surface area contributed by atoms with E-state index in [9.17, 15) is 9.59 Å². The third-order valence-electron chi connectivity index (χ3n) is 2.86. The van der Waals surface area contributed by atoms with E-state index in [4.69, 9.17) is 5.11 Å².